The second kappa shape index (κ2) is 17.7. The van der Waals surface area contributed by atoms with Crippen LogP contribution in [0.25, 0.3) is 11.1 Å². The van der Waals surface area contributed by atoms with Crippen molar-refractivity contribution in [2.24, 2.45) is 0 Å². The van der Waals surface area contributed by atoms with Crippen LogP contribution in [0.1, 0.15) is 97.8 Å². The molecule has 0 aromatic heterocycles. The lowest BCUT2D eigenvalue weighted by Crippen LogP contribution is -2.30. The van der Waals surface area contributed by atoms with Gasteiger partial charge in [-0.05, 0) is 151 Å². The van der Waals surface area contributed by atoms with Crippen LogP contribution in [0.2, 0.25) is 0 Å². The van der Waals surface area contributed by atoms with Gasteiger partial charge in [0.1, 0.15) is 11.4 Å². The number of rotatable bonds is 16. The van der Waals surface area contributed by atoms with Gasteiger partial charge in [0, 0.05) is 25.0 Å². The fourth-order valence-corrected chi connectivity index (χ4v) is 9.84. The fraction of sp³-hybridized carbons (Fsp3) is 0.294. The summed E-state index contributed by atoms with van der Waals surface area (Å²) in [5, 5.41) is 0. The molecule has 0 saturated heterocycles. The smallest absolute Gasteiger partial charge is 0.206 e. The monoisotopic (exact) mass is 812 g/mol. The van der Waals surface area contributed by atoms with Crippen LogP contribution in [0, 0.1) is 0 Å². The summed E-state index contributed by atoms with van der Waals surface area (Å²) in [4.78, 5) is 5.02. The molecule has 0 radical (unpaired) electrons. The Morgan fingerprint density at radius 3 is 1.18 bits per heavy atom. The predicted octanol–water partition coefficient (Wildman–Crippen LogP) is 14.8. The highest BCUT2D eigenvalue weighted by Crippen LogP contribution is 2.38. The first-order valence-corrected chi connectivity index (χ1v) is 23.3. The van der Waals surface area contributed by atoms with Crippen molar-refractivity contribution in [1.82, 2.24) is 0 Å². The molecule has 296 valence electrons. The van der Waals surface area contributed by atoms with Crippen LogP contribution >= 0.6 is 23.5 Å². The van der Waals surface area contributed by atoms with E-state index in [1.54, 1.807) is 47.8 Å². The first kappa shape index (κ1) is 42.4. The number of hydrogen-bond donors (Lipinski definition) is 0. The molecule has 0 aliphatic heterocycles. The lowest BCUT2D eigenvalue weighted by Gasteiger charge is -2.30. The Bertz CT molecular complexity index is 2320. The second-order valence-electron chi connectivity index (χ2n) is 16.0. The van der Waals surface area contributed by atoms with Gasteiger partial charge in [-0.2, -0.15) is 0 Å². The SMILES string of the molecule is CCC(C)(CC)Oc1ccc(C(C)(C)c2ccc(Sc3ccc(S(=O)(=O)c4ccc(-c5ccc(Sc6ccc(C(C)(CC)CC)cc6)cc5)cc4)cc3)cc2)cc1. The summed E-state index contributed by atoms with van der Waals surface area (Å²) in [7, 11) is -3.67. The third kappa shape index (κ3) is 9.74. The Labute approximate surface area is 350 Å². The van der Waals surface area contributed by atoms with Crippen molar-refractivity contribution >= 4 is 33.4 Å². The quantitative estimate of drug-likeness (QED) is 0.0974. The van der Waals surface area contributed by atoms with E-state index < -0.39 is 9.84 Å². The molecule has 0 N–H and O–H groups in total. The van der Waals surface area contributed by atoms with Crippen LogP contribution in [-0.4, -0.2) is 14.0 Å². The second-order valence-corrected chi connectivity index (χ2v) is 20.2. The molecule has 0 atom stereocenters. The van der Waals surface area contributed by atoms with Crippen LogP contribution in [0.5, 0.6) is 5.75 Å². The molecule has 0 bridgehead atoms. The van der Waals surface area contributed by atoms with E-state index in [2.05, 4.69) is 152 Å². The van der Waals surface area contributed by atoms with Gasteiger partial charge in [0.15, 0.2) is 0 Å². The maximum absolute atomic E-state index is 13.6. The van der Waals surface area contributed by atoms with Crippen molar-refractivity contribution in [1.29, 1.82) is 0 Å². The summed E-state index contributed by atoms with van der Waals surface area (Å²) in [5.74, 6) is 0.903. The minimum Gasteiger partial charge on any atom is -0.488 e. The van der Waals surface area contributed by atoms with Gasteiger partial charge in [-0.25, -0.2) is 8.42 Å². The molecule has 0 aliphatic carbocycles. The van der Waals surface area contributed by atoms with E-state index in [4.69, 9.17) is 4.74 Å². The van der Waals surface area contributed by atoms with Crippen molar-refractivity contribution in [3.05, 3.63) is 162 Å². The molecular weight excluding hydrogens is 757 g/mol. The Balaban J connectivity index is 1.06. The van der Waals surface area contributed by atoms with Gasteiger partial charge in [-0.1, -0.05) is 133 Å². The average molecular weight is 813 g/mol. The Hall–Kier alpha value is -4.23. The standard InChI is InChI=1S/C51H56O3S3/c1-9-50(7,10-2)41-21-29-45(30-22-41)55-43-25-13-37(14-26-43)38-15-33-47(34-16-38)57(52,53)48-35-31-46(32-36-48)56-44-27-19-40(20-28-44)49(5,6)39-17-23-42(24-18-39)54-51(8,11-3)12-4/h13-36H,9-12H2,1-8H3. The molecule has 0 amide bonds. The third-order valence-electron chi connectivity index (χ3n) is 12.1. The van der Waals surface area contributed by atoms with Gasteiger partial charge < -0.3 is 4.74 Å². The number of benzene rings is 6. The van der Waals surface area contributed by atoms with Crippen molar-refractivity contribution in [2.45, 2.75) is 127 Å². The summed E-state index contributed by atoms with van der Waals surface area (Å²) >= 11 is 3.37. The van der Waals surface area contributed by atoms with Gasteiger partial charge in [-0.3, -0.25) is 0 Å². The zero-order valence-electron chi connectivity index (χ0n) is 34.6. The Morgan fingerprint density at radius 2 is 0.772 bits per heavy atom. The largest absolute Gasteiger partial charge is 0.488 e. The molecule has 0 unspecified atom stereocenters. The fourth-order valence-electron chi connectivity index (χ4n) is 6.95. The predicted molar refractivity (Wildman–Crippen MR) is 241 cm³/mol. The molecule has 0 spiro atoms. The van der Waals surface area contributed by atoms with Crippen molar-refractivity contribution in [3.63, 3.8) is 0 Å². The van der Waals surface area contributed by atoms with Gasteiger partial charge in [0.05, 0.1) is 9.79 Å². The van der Waals surface area contributed by atoms with Crippen molar-refractivity contribution in [3.8, 4) is 16.9 Å². The number of sulfone groups is 1. The zero-order chi connectivity index (χ0) is 40.8. The highest BCUT2D eigenvalue weighted by atomic mass is 32.2. The summed E-state index contributed by atoms with van der Waals surface area (Å²) in [6, 6.07) is 48.9. The summed E-state index contributed by atoms with van der Waals surface area (Å²) in [6.07, 6.45) is 4.17. The molecule has 57 heavy (non-hydrogen) atoms. The Morgan fingerprint density at radius 1 is 0.439 bits per heavy atom. The van der Waals surface area contributed by atoms with E-state index in [9.17, 15) is 8.42 Å². The lowest BCUT2D eigenvalue weighted by atomic mass is 9.78. The number of ether oxygens (including phenoxy) is 1. The molecular formula is C51H56O3S3. The topological polar surface area (TPSA) is 43.4 Å². The van der Waals surface area contributed by atoms with Gasteiger partial charge in [0.2, 0.25) is 9.84 Å². The van der Waals surface area contributed by atoms with Crippen LogP contribution in [-0.2, 0) is 20.7 Å². The molecule has 3 nitrogen and oxygen atoms in total. The van der Waals surface area contributed by atoms with E-state index in [1.165, 1.54) is 21.6 Å². The maximum Gasteiger partial charge on any atom is 0.206 e. The van der Waals surface area contributed by atoms with Crippen molar-refractivity contribution < 1.29 is 13.2 Å². The van der Waals surface area contributed by atoms with Crippen LogP contribution in [0.15, 0.2) is 175 Å². The molecule has 0 fully saturated rings. The van der Waals surface area contributed by atoms with Gasteiger partial charge in [-0.15, -0.1) is 0 Å². The van der Waals surface area contributed by atoms with Crippen LogP contribution in [0.3, 0.4) is 0 Å². The first-order valence-electron chi connectivity index (χ1n) is 20.1. The van der Waals surface area contributed by atoms with Crippen LogP contribution in [0.4, 0.5) is 0 Å². The summed E-state index contributed by atoms with van der Waals surface area (Å²) in [5.41, 5.74) is 5.74. The van der Waals surface area contributed by atoms with E-state index >= 15 is 0 Å². The summed E-state index contributed by atoms with van der Waals surface area (Å²) < 4.78 is 33.5. The third-order valence-corrected chi connectivity index (χ3v) is 15.9. The Kier molecular flexibility index (Phi) is 13.2. The minimum atomic E-state index is -3.67. The normalized spacial score (nSPS) is 12.4. The molecule has 0 heterocycles. The molecule has 6 aromatic carbocycles. The van der Waals surface area contributed by atoms with Gasteiger partial charge >= 0.3 is 0 Å². The summed E-state index contributed by atoms with van der Waals surface area (Å²) in [6.45, 7) is 17.8. The van der Waals surface area contributed by atoms with Crippen LogP contribution < -0.4 is 4.74 Å². The average Bonchev–Trinajstić information content (AvgIpc) is 3.24. The lowest BCUT2D eigenvalue weighted by molar-refractivity contribution is 0.0802. The molecule has 6 aromatic rings. The molecule has 0 aliphatic rings. The van der Waals surface area contributed by atoms with E-state index in [0.717, 1.165) is 57.2 Å². The van der Waals surface area contributed by atoms with E-state index in [1.807, 2.05) is 24.3 Å². The minimum absolute atomic E-state index is 0.152. The molecule has 6 heteroatoms. The highest BCUT2D eigenvalue weighted by molar-refractivity contribution is 7.99. The maximum atomic E-state index is 13.6. The van der Waals surface area contributed by atoms with E-state index in [0.29, 0.717) is 0 Å². The first-order chi connectivity index (χ1) is 27.2. The highest BCUT2D eigenvalue weighted by Gasteiger charge is 2.26. The molecule has 0 saturated carbocycles. The molecule has 6 rings (SSSR count). The number of hydrogen-bond acceptors (Lipinski definition) is 5. The van der Waals surface area contributed by atoms with Gasteiger partial charge in [0.25, 0.3) is 0 Å². The van der Waals surface area contributed by atoms with E-state index in [-0.39, 0.29) is 26.2 Å². The zero-order valence-corrected chi connectivity index (χ0v) is 37.1. The van der Waals surface area contributed by atoms with Crippen molar-refractivity contribution in [2.75, 3.05) is 0 Å².